The maximum atomic E-state index is 13.2. The van der Waals surface area contributed by atoms with Gasteiger partial charge < -0.3 is 9.42 Å². The highest BCUT2D eigenvalue weighted by molar-refractivity contribution is 7.98. The summed E-state index contributed by atoms with van der Waals surface area (Å²) >= 11 is 1.48. The van der Waals surface area contributed by atoms with Crippen LogP contribution in [0.3, 0.4) is 0 Å². The largest absolute Gasteiger partial charge is 0.339 e. The van der Waals surface area contributed by atoms with Crippen molar-refractivity contribution in [2.24, 2.45) is 0 Å². The zero-order chi connectivity index (χ0) is 18.8. The third-order valence-corrected chi connectivity index (χ3v) is 5.60. The van der Waals surface area contributed by atoms with E-state index in [0.717, 1.165) is 5.03 Å². The number of hydrogen-bond acceptors (Lipinski definition) is 6. The molecule has 7 heteroatoms. The summed E-state index contributed by atoms with van der Waals surface area (Å²) in [6, 6.07) is 13.8. The Labute approximate surface area is 162 Å². The summed E-state index contributed by atoms with van der Waals surface area (Å²) in [6.45, 7) is 2.96. The van der Waals surface area contributed by atoms with Gasteiger partial charge in [-0.2, -0.15) is 4.98 Å². The van der Waals surface area contributed by atoms with Crippen molar-refractivity contribution in [3.63, 3.8) is 0 Å². The lowest BCUT2D eigenvalue weighted by atomic mass is 9.89. The summed E-state index contributed by atoms with van der Waals surface area (Å²) in [5.74, 6) is 1.29. The third kappa shape index (κ3) is 3.47. The van der Waals surface area contributed by atoms with Gasteiger partial charge in [0.15, 0.2) is 5.82 Å². The van der Waals surface area contributed by atoms with E-state index < -0.39 is 0 Å². The van der Waals surface area contributed by atoms with Gasteiger partial charge in [-0.05, 0) is 30.9 Å². The minimum Gasteiger partial charge on any atom is -0.339 e. The summed E-state index contributed by atoms with van der Waals surface area (Å²) < 4.78 is 5.46. The maximum absolute atomic E-state index is 13.2. The standard InChI is InChI=1S/C20H20N4O2S/c1-13-22-18(26-23-13)17-12-24(11-16(17)14-7-4-3-5-8-14)20(25)15-9-6-10-21-19(15)27-2/h3-10,16-17H,11-12H2,1-2H3/t16-,17-/m0/s1. The highest BCUT2D eigenvalue weighted by Gasteiger charge is 2.40. The van der Waals surface area contributed by atoms with E-state index in [9.17, 15) is 4.79 Å². The zero-order valence-electron chi connectivity index (χ0n) is 15.2. The number of amides is 1. The molecule has 1 aromatic carbocycles. The van der Waals surface area contributed by atoms with Gasteiger partial charge in [-0.1, -0.05) is 35.5 Å². The smallest absolute Gasteiger partial charge is 0.256 e. The number of aromatic nitrogens is 3. The second-order valence-corrected chi connectivity index (χ2v) is 7.37. The van der Waals surface area contributed by atoms with Crippen LogP contribution in [0.5, 0.6) is 0 Å². The first kappa shape index (κ1) is 17.7. The fraction of sp³-hybridized carbons (Fsp3) is 0.300. The molecule has 0 aliphatic carbocycles. The summed E-state index contributed by atoms with van der Waals surface area (Å²) in [6.07, 6.45) is 3.64. The Bertz CT molecular complexity index is 944. The molecule has 2 atom stereocenters. The molecule has 0 bridgehead atoms. The number of carbonyl (C=O) groups excluding carboxylic acids is 1. The van der Waals surface area contributed by atoms with Gasteiger partial charge in [-0.25, -0.2) is 4.98 Å². The second kappa shape index (κ2) is 7.52. The van der Waals surface area contributed by atoms with Crippen LogP contribution >= 0.6 is 11.8 Å². The predicted octanol–water partition coefficient (Wildman–Crippen LogP) is 3.52. The molecule has 1 aliphatic rings. The van der Waals surface area contributed by atoms with Crippen molar-refractivity contribution in [1.82, 2.24) is 20.0 Å². The van der Waals surface area contributed by atoms with E-state index in [4.69, 9.17) is 4.52 Å². The van der Waals surface area contributed by atoms with E-state index in [1.54, 1.807) is 12.3 Å². The molecule has 1 fully saturated rings. The normalized spacial score (nSPS) is 19.4. The summed E-state index contributed by atoms with van der Waals surface area (Å²) in [7, 11) is 0. The number of pyridine rings is 1. The molecule has 0 saturated carbocycles. The number of hydrogen-bond donors (Lipinski definition) is 0. The first-order valence-corrected chi connectivity index (χ1v) is 10.0. The topological polar surface area (TPSA) is 72.1 Å². The zero-order valence-corrected chi connectivity index (χ0v) is 16.0. The van der Waals surface area contributed by atoms with Crippen LogP contribution in [0, 0.1) is 6.92 Å². The van der Waals surface area contributed by atoms with Crippen molar-refractivity contribution >= 4 is 17.7 Å². The second-order valence-electron chi connectivity index (χ2n) is 6.57. The van der Waals surface area contributed by atoms with E-state index in [0.29, 0.717) is 30.4 Å². The molecule has 0 N–H and O–H groups in total. The average Bonchev–Trinajstić information content (AvgIpc) is 3.34. The Balaban J connectivity index is 1.67. The summed E-state index contributed by atoms with van der Waals surface area (Å²) in [5, 5.41) is 4.69. The minimum absolute atomic E-state index is 0.00730. The predicted molar refractivity (Wildman–Crippen MR) is 103 cm³/mol. The SMILES string of the molecule is CSc1ncccc1C(=O)N1C[C@H](c2nc(C)no2)[C@H](c2ccccc2)C1. The van der Waals surface area contributed by atoms with Crippen molar-refractivity contribution < 1.29 is 9.32 Å². The third-order valence-electron chi connectivity index (χ3n) is 4.89. The lowest BCUT2D eigenvalue weighted by Gasteiger charge is -2.17. The average molecular weight is 380 g/mol. The molecule has 2 aromatic heterocycles. The molecule has 1 saturated heterocycles. The van der Waals surface area contributed by atoms with Gasteiger partial charge >= 0.3 is 0 Å². The Kier molecular flexibility index (Phi) is 4.94. The van der Waals surface area contributed by atoms with Gasteiger partial charge in [0.2, 0.25) is 5.89 Å². The monoisotopic (exact) mass is 380 g/mol. The fourth-order valence-corrected chi connectivity index (χ4v) is 4.15. The van der Waals surface area contributed by atoms with Crippen LogP contribution in [0.15, 0.2) is 58.2 Å². The molecule has 0 unspecified atom stereocenters. The van der Waals surface area contributed by atoms with E-state index in [-0.39, 0.29) is 17.7 Å². The van der Waals surface area contributed by atoms with Crippen molar-refractivity contribution in [2.45, 2.75) is 23.8 Å². The number of thioether (sulfide) groups is 1. The summed E-state index contributed by atoms with van der Waals surface area (Å²) in [4.78, 5) is 23.8. The molecule has 4 rings (SSSR count). The molecule has 1 amide bonds. The molecule has 0 radical (unpaired) electrons. The number of carbonyl (C=O) groups is 1. The van der Waals surface area contributed by atoms with E-state index in [1.807, 2.05) is 42.3 Å². The van der Waals surface area contributed by atoms with Gasteiger partial charge in [0.1, 0.15) is 5.03 Å². The maximum Gasteiger partial charge on any atom is 0.256 e. The van der Waals surface area contributed by atoms with Crippen molar-refractivity contribution in [3.05, 3.63) is 71.5 Å². The number of aryl methyl sites for hydroxylation is 1. The number of benzene rings is 1. The lowest BCUT2D eigenvalue weighted by Crippen LogP contribution is -2.29. The molecule has 6 nitrogen and oxygen atoms in total. The van der Waals surface area contributed by atoms with Crippen LogP contribution < -0.4 is 0 Å². The van der Waals surface area contributed by atoms with Gasteiger partial charge in [-0.3, -0.25) is 4.79 Å². The highest BCUT2D eigenvalue weighted by Crippen LogP contribution is 2.39. The van der Waals surface area contributed by atoms with Crippen LogP contribution in [0.4, 0.5) is 0 Å². The van der Waals surface area contributed by atoms with Crippen LogP contribution in [0.25, 0.3) is 0 Å². The van der Waals surface area contributed by atoms with E-state index >= 15 is 0 Å². The Morgan fingerprint density at radius 2 is 1.93 bits per heavy atom. The number of likely N-dealkylation sites (tertiary alicyclic amines) is 1. The Hall–Kier alpha value is -2.67. The molecule has 3 aromatic rings. The van der Waals surface area contributed by atoms with Crippen molar-refractivity contribution in [1.29, 1.82) is 0 Å². The lowest BCUT2D eigenvalue weighted by molar-refractivity contribution is 0.0784. The van der Waals surface area contributed by atoms with Crippen LogP contribution in [0.1, 0.15) is 39.5 Å². The van der Waals surface area contributed by atoms with Gasteiger partial charge in [0, 0.05) is 25.2 Å². The van der Waals surface area contributed by atoms with Gasteiger partial charge in [0.05, 0.1) is 11.5 Å². The van der Waals surface area contributed by atoms with Crippen LogP contribution in [-0.2, 0) is 0 Å². The number of rotatable bonds is 4. The molecular weight excluding hydrogens is 360 g/mol. The fourth-order valence-electron chi connectivity index (χ4n) is 3.61. The quantitative estimate of drug-likeness (QED) is 0.645. The molecule has 1 aliphatic heterocycles. The first-order chi connectivity index (χ1) is 13.2. The molecule has 3 heterocycles. The van der Waals surface area contributed by atoms with Crippen LogP contribution in [-0.4, -0.2) is 45.3 Å². The van der Waals surface area contributed by atoms with E-state index in [1.165, 1.54) is 17.3 Å². The van der Waals surface area contributed by atoms with E-state index in [2.05, 4.69) is 27.3 Å². The molecule has 0 spiro atoms. The first-order valence-electron chi connectivity index (χ1n) is 8.81. The molecular formula is C20H20N4O2S. The number of nitrogens with zero attached hydrogens (tertiary/aromatic N) is 4. The Morgan fingerprint density at radius 3 is 2.63 bits per heavy atom. The van der Waals surface area contributed by atoms with Gasteiger partial charge in [-0.15, -0.1) is 11.8 Å². The highest BCUT2D eigenvalue weighted by atomic mass is 32.2. The molecule has 138 valence electrons. The van der Waals surface area contributed by atoms with Gasteiger partial charge in [0.25, 0.3) is 5.91 Å². The summed E-state index contributed by atoms with van der Waals surface area (Å²) in [5.41, 5.74) is 1.81. The van der Waals surface area contributed by atoms with Crippen molar-refractivity contribution in [2.75, 3.05) is 19.3 Å². The minimum atomic E-state index is -0.0213. The van der Waals surface area contributed by atoms with Crippen molar-refractivity contribution in [3.8, 4) is 0 Å². The molecule has 27 heavy (non-hydrogen) atoms. The van der Waals surface area contributed by atoms with Crippen LogP contribution in [0.2, 0.25) is 0 Å². The Morgan fingerprint density at radius 1 is 1.15 bits per heavy atom.